The first-order valence-electron chi connectivity index (χ1n) is 4.42. The molecule has 0 radical (unpaired) electrons. The number of nitrogen functional groups attached to an aromatic ring is 1. The Balaban J connectivity index is 3.14. The number of Topliss-reactive ketones (excluding diaryl/α,β-unsaturated/α-hetero) is 1. The topological polar surface area (TPSA) is 52.3 Å². The molecule has 0 fully saturated rings. The molecule has 0 saturated heterocycles. The fourth-order valence-electron chi connectivity index (χ4n) is 1.22. The molecule has 0 amide bonds. The quantitative estimate of drug-likeness (QED) is 0.620. The molecule has 0 unspecified atom stereocenters. The van der Waals surface area contributed by atoms with Gasteiger partial charge in [-0.05, 0) is 12.1 Å². The minimum atomic E-state index is -2.96. The average molecular weight is 215 g/mol. The predicted molar refractivity (Wildman–Crippen MR) is 52.1 cm³/mol. The van der Waals surface area contributed by atoms with E-state index in [2.05, 4.69) is 4.74 Å². The molecule has 82 valence electrons. The van der Waals surface area contributed by atoms with Crippen molar-refractivity contribution < 1.29 is 18.3 Å². The van der Waals surface area contributed by atoms with Crippen LogP contribution < -0.4 is 10.5 Å². The Morgan fingerprint density at radius 3 is 2.73 bits per heavy atom. The fraction of sp³-hybridized carbons (Fsp3) is 0.300. The number of ether oxygens (including phenoxy) is 1. The lowest BCUT2D eigenvalue weighted by Gasteiger charge is -2.11. The van der Waals surface area contributed by atoms with Crippen LogP contribution in [0.15, 0.2) is 18.2 Å². The van der Waals surface area contributed by atoms with Crippen LogP contribution in [0.2, 0.25) is 0 Å². The minimum Gasteiger partial charge on any atom is -0.434 e. The molecule has 0 bridgehead atoms. The Kier molecular flexibility index (Phi) is 3.60. The summed E-state index contributed by atoms with van der Waals surface area (Å²) in [6.07, 6.45) is 0.188. The van der Waals surface area contributed by atoms with Crippen LogP contribution >= 0.6 is 0 Å². The van der Waals surface area contributed by atoms with Crippen molar-refractivity contribution in [1.29, 1.82) is 0 Å². The van der Waals surface area contributed by atoms with Crippen LogP contribution in [0, 0.1) is 0 Å². The molecule has 0 aliphatic heterocycles. The maximum Gasteiger partial charge on any atom is 0.387 e. The van der Waals surface area contributed by atoms with Crippen molar-refractivity contribution in [2.75, 3.05) is 5.73 Å². The zero-order valence-electron chi connectivity index (χ0n) is 8.17. The summed E-state index contributed by atoms with van der Waals surface area (Å²) in [7, 11) is 0. The van der Waals surface area contributed by atoms with Crippen molar-refractivity contribution in [3.63, 3.8) is 0 Å². The normalized spacial score (nSPS) is 10.4. The zero-order valence-corrected chi connectivity index (χ0v) is 8.17. The fourth-order valence-corrected chi connectivity index (χ4v) is 1.22. The molecule has 0 aliphatic rings. The maximum absolute atomic E-state index is 12.0. The molecule has 0 heterocycles. The maximum atomic E-state index is 12.0. The third-order valence-electron chi connectivity index (χ3n) is 1.87. The third kappa shape index (κ3) is 2.65. The number of alkyl halides is 2. The van der Waals surface area contributed by atoms with Gasteiger partial charge in [0.05, 0.1) is 5.56 Å². The summed E-state index contributed by atoms with van der Waals surface area (Å²) in [5, 5.41) is 0. The number of carbonyl (C=O) groups is 1. The average Bonchev–Trinajstić information content (AvgIpc) is 2.16. The highest BCUT2D eigenvalue weighted by molar-refractivity contribution is 6.03. The van der Waals surface area contributed by atoms with E-state index in [1.807, 2.05) is 0 Å². The molecule has 0 aliphatic carbocycles. The molecule has 0 aromatic heterocycles. The van der Waals surface area contributed by atoms with Gasteiger partial charge in [-0.3, -0.25) is 4.79 Å². The molecular formula is C10H11F2NO2. The van der Waals surface area contributed by atoms with Gasteiger partial charge in [0.25, 0.3) is 0 Å². The summed E-state index contributed by atoms with van der Waals surface area (Å²) in [5.74, 6) is -0.486. The highest BCUT2D eigenvalue weighted by Gasteiger charge is 2.16. The Morgan fingerprint density at radius 2 is 2.20 bits per heavy atom. The van der Waals surface area contributed by atoms with Crippen LogP contribution in [0.3, 0.4) is 0 Å². The monoisotopic (exact) mass is 215 g/mol. The number of anilines is 1. The Labute approximate surface area is 85.8 Å². The van der Waals surface area contributed by atoms with E-state index in [1.165, 1.54) is 18.2 Å². The van der Waals surface area contributed by atoms with E-state index in [1.54, 1.807) is 6.92 Å². The van der Waals surface area contributed by atoms with E-state index in [0.29, 0.717) is 0 Å². The van der Waals surface area contributed by atoms with Crippen LogP contribution in [-0.4, -0.2) is 12.4 Å². The minimum absolute atomic E-state index is 0.0281. The zero-order chi connectivity index (χ0) is 11.4. The molecule has 1 rings (SSSR count). The van der Waals surface area contributed by atoms with Gasteiger partial charge in [0.15, 0.2) is 5.78 Å². The first-order chi connectivity index (χ1) is 7.06. The molecule has 15 heavy (non-hydrogen) atoms. The van der Waals surface area contributed by atoms with E-state index >= 15 is 0 Å². The Bertz CT molecular complexity index is 366. The number of rotatable bonds is 4. The van der Waals surface area contributed by atoms with Gasteiger partial charge < -0.3 is 10.5 Å². The molecular weight excluding hydrogens is 204 g/mol. The third-order valence-corrected chi connectivity index (χ3v) is 1.87. The van der Waals surface area contributed by atoms with Crippen LogP contribution in [0.25, 0.3) is 0 Å². The van der Waals surface area contributed by atoms with E-state index in [0.717, 1.165) is 0 Å². The van der Waals surface area contributed by atoms with Gasteiger partial charge in [0, 0.05) is 12.1 Å². The smallest absolute Gasteiger partial charge is 0.387 e. The largest absolute Gasteiger partial charge is 0.434 e. The summed E-state index contributed by atoms with van der Waals surface area (Å²) >= 11 is 0. The van der Waals surface area contributed by atoms with Crippen molar-refractivity contribution in [2.45, 2.75) is 20.0 Å². The van der Waals surface area contributed by atoms with Crippen LogP contribution in [-0.2, 0) is 0 Å². The van der Waals surface area contributed by atoms with E-state index < -0.39 is 6.61 Å². The molecule has 5 heteroatoms. The number of halogens is 2. The molecule has 1 aromatic rings. The van der Waals surface area contributed by atoms with Crippen molar-refractivity contribution in [3.8, 4) is 5.75 Å². The van der Waals surface area contributed by atoms with Gasteiger partial charge in [0.1, 0.15) is 5.75 Å². The van der Waals surface area contributed by atoms with Gasteiger partial charge in [-0.25, -0.2) is 0 Å². The SMILES string of the molecule is CCC(=O)c1c(N)cccc1OC(F)F. The van der Waals surface area contributed by atoms with Crippen LogP contribution in [0.4, 0.5) is 14.5 Å². The number of hydrogen-bond acceptors (Lipinski definition) is 3. The first-order valence-corrected chi connectivity index (χ1v) is 4.42. The lowest BCUT2D eigenvalue weighted by Crippen LogP contribution is -2.09. The molecule has 0 saturated carbocycles. The molecule has 3 nitrogen and oxygen atoms in total. The molecule has 0 spiro atoms. The highest BCUT2D eigenvalue weighted by Crippen LogP contribution is 2.27. The predicted octanol–water partition coefficient (Wildman–Crippen LogP) is 2.46. The first kappa shape index (κ1) is 11.4. The van der Waals surface area contributed by atoms with Crippen molar-refractivity contribution in [1.82, 2.24) is 0 Å². The lowest BCUT2D eigenvalue weighted by atomic mass is 10.1. The van der Waals surface area contributed by atoms with Gasteiger partial charge in [-0.2, -0.15) is 8.78 Å². The second kappa shape index (κ2) is 4.72. The van der Waals surface area contributed by atoms with E-state index in [4.69, 9.17) is 5.73 Å². The molecule has 2 N–H and O–H groups in total. The lowest BCUT2D eigenvalue weighted by molar-refractivity contribution is -0.0500. The second-order valence-corrected chi connectivity index (χ2v) is 2.88. The number of hydrogen-bond donors (Lipinski definition) is 1. The van der Waals surface area contributed by atoms with Crippen molar-refractivity contribution in [3.05, 3.63) is 23.8 Å². The number of ketones is 1. The standard InChI is InChI=1S/C10H11F2NO2/c1-2-7(14)9-6(13)4-3-5-8(9)15-10(11)12/h3-5,10H,2,13H2,1H3. The number of carbonyl (C=O) groups excluding carboxylic acids is 1. The van der Waals surface area contributed by atoms with Gasteiger partial charge in [-0.1, -0.05) is 13.0 Å². The molecule has 1 aromatic carbocycles. The van der Waals surface area contributed by atoms with Crippen molar-refractivity contribution in [2.24, 2.45) is 0 Å². The summed E-state index contributed by atoms with van der Waals surface area (Å²) < 4.78 is 28.3. The highest BCUT2D eigenvalue weighted by atomic mass is 19.3. The molecule has 0 atom stereocenters. The van der Waals surface area contributed by atoms with Gasteiger partial charge in [0.2, 0.25) is 0 Å². The van der Waals surface area contributed by atoms with Crippen LogP contribution in [0.5, 0.6) is 5.75 Å². The summed E-state index contributed by atoms with van der Waals surface area (Å²) in [6.45, 7) is -1.34. The van der Waals surface area contributed by atoms with Gasteiger partial charge >= 0.3 is 6.61 Å². The summed E-state index contributed by atoms with van der Waals surface area (Å²) in [5.41, 5.74) is 5.71. The van der Waals surface area contributed by atoms with Crippen LogP contribution in [0.1, 0.15) is 23.7 Å². The van der Waals surface area contributed by atoms with Crippen molar-refractivity contribution >= 4 is 11.5 Å². The van der Waals surface area contributed by atoms with E-state index in [9.17, 15) is 13.6 Å². The number of benzene rings is 1. The Morgan fingerprint density at radius 1 is 1.53 bits per heavy atom. The summed E-state index contributed by atoms with van der Waals surface area (Å²) in [6, 6.07) is 4.23. The number of nitrogens with two attached hydrogens (primary N) is 1. The summed E-state index contributed by atoms with van der Waals surface area (Å²) in [4.78, 5) is 11.4. The Hall–Kier alpha value is -1.65. The second-order valence-electron chi connectivity index (χ2n) is 2.88. The van der Waals surface area contributed by atoms with Gasteiger partial charge in [-0.15, -0.1) is 0 Å². The van der Waals surface area contributed by atoms with E-state index in [-0.39, 0.29) is 29.2 Å².